The van der Waals surface area contributed by atoms with Crippen LogP contribution < -0.4 is 5.43 Å². The number of rotatable bonds is 4. The standard InChI is InChI=1S/C21H18O4/c1-3-16-19(11-13(2)14-7-5-4-6-8-14)25-18-10-9-15(21(23)24)12-17(18)20(16)22/h4-12H,3H2,1-2H3,(H,23,24)/b13-11+. The summed E-state index contributed by atoms with van der Waals surface area (Å²) < 4.78 is 5.92. The molecule has 0 spiro atoms. The van der Waals surface area contributed by atoms with Gasteiger partial charge in [0.05, 0.1) is 10.9 Å². The van der Waals surface area contributed by atoms with E-state index in [1.165, 1.54) is 18.2 Å². The molecule has 1 N–H and O–H groups in total. The summed E-state index contributed by atoms with van der Waals surface area (Å²) in [4.78, 5) is 23.9. The summed E-state index contributed by atoms with van der Waals surface area (Å²) in [6, 6.07) is 14.2. The van der Waals surface area contributed by atoms with E-state index in [2.05, 4.69) is 0 Å². The van der Waals surface area contributed by atoms with Crippen LogP contribution in [0.5, 0.6) is 0 Å². The van der Waals surface area contributed by atoms with Crippen molar-refractivity contribution in [1.29, 1.82) is 0 Å². The van der Waals surface area contributed by atoms with Crippen molar-refractivity contribution < 1.29 is 14.3 Å². The predicted molar refractivity (Wildman–Crippen MR) is 98.8 cm³/mol. The number of hydrogen-bond donors (Lipinski definition) is 1. The smallest absolute Gasteiger partial charge is 0.335 e. The fourth-order valence-electron chi connectivity index (χ4n) is 2.82. The maximum atomic E-state index is 12.8. The first-order valence-electron chi connectivity index (χ1n) is 8.08. The van der Waals surface area contributed by atoms with Gasteiger partial charge in [-0.3, -0.25) is 4.79 Å². The highest BCUT2D eigenvalue weighted by Gasteiger charge is 2.14. The van der Waals surface area contributed by atoms with Crippen LogP contribution in [-0.4, -0.2) is 11.1 Å². The lowest BCUT2D eigenvalue weighted by atomic mass is 10.0. The quantitative estimate of drug-likeness (QED) is 0.756. The Kier molecular flexibility index (Phi) is 4.52. The fourth-order valence-corrected chi connectivity index (χ4v) is 2.82. The number of carboxylic acids is 1. The molecule has 126 valence electrons. The van der Waals surface area contributed by atoms with Crippen LogP contribution >= 0.6 is 0 Å². The van der Waals surface area contributed by atoms with Crippen LogP contribution in [0, 0.1) is 0 Å². The zero-order valence-electron chi connectivity index (χ0n) is 14.1. The molecule has 0 fully saturated rings. The summed E-state index contributed by atoms with van der Waals surface area (Å²) in [6.45, 7) is 3.85. The van der Waals surface area contributed by atoms with E-state index >= 15 is 0 Å². The molecule has 0 unspecified atom stereocenters. The van der Waals surface area contributed by atoms with E-state index < -0.39 is 5.97 Å². The fraction of sp³-hybridized carbons (Fsp3) is 0.143. The summed E-state index contributed by atoms with van der Waals surface area (Å²) in [5, 5.41) is 9.42. The molecule has 1 heterocycles. The van der Waals surface area contributed by atoms with Gasteiger partial charge >= 0.3 is 5.97 Å². The van der Waals surface area contributed by atoms with Gasteiger partial charge in [0.15, 0.2) is 5.43 Å². The molecule has 2 aromatic carbocycles. The second kappa shape index (κ2) is 6.77. The van der Waals surface area contributed by atoms with E-state index in [0.717, 1.165) is 11.1 Å². The van der Waals surface area contributed by atoms with Crippen LogP contribution in [-0.2, 0) is 6.42 Å². The number of allylic oxidation sites excluding steroid dienone is 1. The molecule has 0 radical (unpaired) electrons. The van der Waals surface area contributed by atoms with Gasteiger partial charge in [0.25, 0.3) is 0 Å². The van der Waals surface area contributed by atoms with Gasteiger partial charge in [0, 0.05) is 5.56 Å². The van der Waals surface area contributed by atoms with Gasteiger partial charge in [-0.05, 0) is 48.8 Å². The third kappa shape index (κ3) is 3.24. The molecule has 0 saturated carbocycles. The topological polar surface area (TPSA) is 67.5 Å². The second-order valence-electron chi connectivity index (χ2n) is 5.84. The monoisotopic (exact) mass is 334 g/mol. The van der Waals surface area contributed by atoms with Crippen molar-refractivity contribution in [2.75, 3.05) is 0 Å². The van der Waals surface area contributed by atoms with Crippen molar-refractivity contribution in [3.05, 3.63) is 81.2 Å². The second-order valence-corrected chi connectivity index (χ2v) is 5.84. The minimum Gasteiger partial charge on any atom is -0.478 e. The molecule has 4 nitrogen and oxygen atoms in total. The Morgan fingerprint density at radius 3 is 2.48 bits per heavy atom. The highest BCUT2D eigenvalue weighted by Crippen LogP contribution is 2.23. The average molecular weight is 334 g/mol. The molecular formula is C21H18O4. The van der Waals surface area contributed by atoms with Crippen LogP contribution in [0.2, 0.25) is 0 Å². The van der Waals surface area contributed by atoms with Crippen molar-refractivity contribution in [2.45, 2.75) is 20.3 Å². The van der Waals surface area contributed by atoms with Gasteiger partial charge in [-0.25, -0.2) is 4.79 Å². The Morgan fingerprint density at radius 1 is 1.12 bits per heavy atom. The van der Waals surface area contributed by atoms with Crippen LogP contribution in [0.15, 0.2) is 57.7 Å². The molecule has 3 aromatic rings. The molecule has 0 bridgehead atoms. The van der Waals surface area contributed by atoms with E-state index in [0.29, 0.717) is 28.7 Å². The number of aromatic carboxylic acids is 1. The van der Waals surface area contributed by atoms with E-state index in [1.807, 2.05) is 50.3 Å². The van der Waals surface area contributed by atoms with Crippen LogP contribution in [0.4, 0.5) is 0 Å². The molecule has 0 amide bonds. The van der Waals surface area contributed by atoms with Crippen LogP contribution in [0.3, 0.4) is 0 Å². The molecule has 25 heavy (non-hydrogen) atoms. The Labute approximate surface area is 145 Å². The number of carbonyl (C=O) groups is 1. The van der Waals surface area contributed by atoms with Gasteiger partial charge in [-0.15, -0.1) is 0 Å². The maximum Gasteiger partial charge on any atom is 0.335 e. The van der Waals surface area contributed by atoms with Crippen molar-refractivity contribution in [2.24, 2.45) is 0 Å². The zero-order chi connectivity index (χ0) is 18.0. The molecule has 1 aromatic heterocycles. The number of fused-ring (bicyclic) bond motifs is 1. The van der Waals surface area contributed by atoms with Gasteiger partial charge in [0.2, 0.25) is 0 Å². The lowest BCUT2D eigenvalue weighted by Crippen LogP contribution is -2.11. The predicted octanol–water partition coefficient (Wildman–Crippen LogP) is 4.61. The lowest BCUT2D eigenvalue weighted by molar-refractivity contribution is 0.0697. The highest BCUT2D eigenvalue weighted by atomic mass is 16.4. The highest BCUT2D eigenvalue weighted by molar-refractivity contribution is 5.93. The Morgan fingerprint density at radius 2 is 1.84 bits per heavy atom. The minimum atomic E-state index is -1.07. The summed E-state index contributed by atoms with van der Waals surface area (Å²) >= 11 is 0. The van der Waals surface area contributed by atoms with E-state index in [4.69, 9.17) is 9.52 Å². The van der Waals surface area contributed by atoms with Gasteiger partial charge in [0.1, 0.15) is 11.3 Å². The van der Waals surface area contributed by atoms with Gasteiger partial charge in [-0.2, -0.15) is 0 Å². The first kappa shape index (κ1) is 16.7. The Balaban J connectivity index is 2.21. The lowest BCUT2D eigenvalue weighted by Gasteiger charge is -2.08. The number of carboxylic acid groups (broad SMARTS) is 1. The molecule has 0 aliphatic rings. The summed E-state index contributed by atoms with van der Waals surface area (Å²) in [6.07, 6.45) is 2.36. The average Bonchev–Trinajstić information content (AvgIpc) is 2.62. The van der Waals surface area contributed by atoms with Crippen molar-refractivity contribution in [3.63, 3.8) is 0 Å². The van der Waals surface area contributed by atoms with Crippen molar-refractivity contribution in [3.8, 4) is 0 Å². The third-order valence-corrected chi connectivity index (χ3v) is 4.19. The Bertz CT molecular complexity index is 1030. The van der Waals surface area contributed by atoms with Crippen molar-refractivity contribution in [1.82, 2.24) is 0 Å². The van der Waals surface area contributed by atoms with Gasteiger partial charge < -0.3 is 9.52 Å². The SMILES string of the molecule is CCc1c(/C=C(\C)c2ccccc2)oc2ccc(C(=O)O)cc2c1=O. The van der Waals surface area contributed by atoms with E-state index in [9.17, 15) is 9.59 Å². The zero-order valence-corrected chi connectivity index (χ0v) is 14.1. The molecule has 0 aliphatic carbocycles. The Hall–Kier alpha value is -3.14. The largest absolute Gasteiger partial charge is 0.478 e. The van der Waals surface area contributed by atoms with E-state index in [1.54, 1.807) is 0 Å². The van der Waals surface area contributed by atoms with Crippen LogP contribution in [0.1, 0.15) is 41.1 Å². The first-order chi connectivity index (χ1) is 12.0. The first-order valence-corrected chi connectivity index (χ1v) is 8.08. The number of benzene rings is 2. The summed E-state index contributed by atoms with van der Waals surface area (Å²) in [7, 11) is 0. The van der Waals surface area contributed by atoms with Gasteiger partial charge in [-0.1, -0.05) is 37.3 Å². The normalized spacial score (nSPS) is 11.7. The van der Waals surface area contributed by atoms with Crippen LogP contribution in [0.25, 0.3) is 22.6 Å². The molecular weight excluding hydrogens is 316 g/mol. The summed E-state index contributed by atoms with van der Waals surface area (Å²) in [5.41, 5.74) is 2.86. The van der Waals surface area contributed by atoms with Crippen molar-refractivity contribution >= 4 is 28.6 Å². The molecule has 4 heteroatoms. The molecule has 3 rings (SSSR count). The molecule has 0 atom stereocenters. The molecule has 0 saturated heterocycles. The number of hydrogen-bond acceptors (Lipinski definition) is 3. The minimum absolute atomic E-state index is 0.0746. The van der Waals surface area contributed by atoms with E-state index in [-0.39, 0.29) is 11.0 Å². The molecule has 0 aliphatic heterocycles. The third-order valence-electron chi connectivity index (χ3n) is 4.19. The summed E-state index contributed by atoms with van der Waals surface area (Å²) in [5.74, 6) is -0.548. The maximum absolute atomic E-state index is 12.8.